The lowest BCUT2D eigenvalue weighted by molar-refractivity contribution is -0.114. The Bertz CT molecular complexity index is 820. The molecule has 0 fully saturated rings. The molecule has 6 heteroatoms. The molecule has 2 aromatic rings. The smallest absolute Gasteiger partial charge is 0.342 e. The molecule has 2 aromatic carbocycles. The van der Waals surface area contributed by atoms with E-state index in [1.165, 1.54) is 13.0 Å². The quantitative estimate of drug-likeness (QED) is 0.839. The van der Waals surface area contributed by atoms with Gasteiger partial charge in [0.1, 0.15) is 24.0 Å². The van der Waals surface area contributed by atoms with E-state index in [1.807, 2.05) is 37.3 Å². The third-order valence-corrected chi connectivity index (χ3v) is 4.17. The highest BCUT2D eigenvalue weighted by molar-refractivity contribution is 6.34. The van der Waals surface area contributed by atoms with Crippen LogP contribution in [0.25, 0.3) is 0 Å². The molecule has 1 atom stereocenters. The van der Waals surface area contributed by atoms with Gasteiger partial charge >= 0.3 is 5.97 Å². The van der Waals surface area contributed by atoms with Crippen LogP contribution in [0, 0.1) is 0 Å². The van der Waals surface area contributed by atoms with E-state index >= 15 is 0 Å². The van der Waals surface area contributed by atoms with Gasteiger partial charge in [-0.05, 0) is 18.6 Å². The third-order valence-electron chi connectivity index (χ3n) is 3.87. The minimum absolute atomic E-state index is 0.110. The first-order valence-corrected chi connectivity index (χ1v) is 8.34. The molecule has 0 aromatic heterocycles. The molecule has 5 nitrogen and oxygen atoms in total. The zero-order valence-corrected chi connectivity index (χ0v) is 14.7. The average Bonchev–Trinajstić information content (AvgIpc) is 2.97. The van der Waals surface area contributed by atoms with Crippen molar-refractivity contribution < 1.29 is 19.1 Å². The highest BCUT2D eigenvalue weighted by Crippen LogP contribution is 2.42. The molecular weight excluding hydrogens is 342 g/mol. The fraction of sp³-hybridized carbons (Fsp3) is 0.263. The Hall–Kier alpha value is -2.53. The maximum absolute atomic E-state index is 12.5. The Morgan fingerprint density at radius 3 is 2.72 bits per heavy atom. The van der Waals surface area contributed by atoms with Gasteiger partial charge in [0, 0.05) is 18.9 Å². The summed E-state index contributed by atoms with van der Waals surface area (Å²) in [5, 5.41) is 3.01. The summed E-state index contributed by atoms with van der Waals surface area (Å²) in [5.41, 5.74) is 2.38. The molecule has 1 heterocycles. The van der Waals surface area contributed by atoms with E-state index < -0.39 is 5.97 Å². The van der Waals surface area contributed by atoms with Crippen LogP contribution in [0.2, 0.25) is 5.02 Å². The molecule has 1 aliphatic rings. The molecule has 0 saturated heterocycles. The Balaban J connectivity index is 1.89. The molecular formula is C19H18ClNO4. The Morgan fingerprint density at radius 2 is 2.04 bits per heavy atom. The van der Waals surface area contributed by atoms with Crippen molar-refractivity contribution in [1.82, 2.24) is 0 Å². The number of anilines is 1. The van der Waals surface area contributed by atoms with Crippen molar-refractivity contribution in [2.24, 2.45) is 0 Å². The number of esters is 1. The lowest BCUT2D eigenvalue weighted by atomic mass is 10.0. The molecule has 1 amide bonds. The van der Waals surface area contributed by atoms with Crippen molar-refractivity contribution >= 4 is 29.2 Å². The summed E-state index contributed by atoms with van der Waals surface area (Å²) in [6.45, 7) is 3.46. The van der Waals surface area contributed by atoms with Crippen molar-refractivity contribution in [3.05, 3.63) is 58.1 Å². The van der Waals surface area contributed by atoms with Crippen LogP contribution in [0.1, 0.15) is 35.3 Å². The van der Waals surface area contributed by atoms with Gasteiger partial charge in [-0.25, -0.2) is 4.79 Å². The summed E-state index contributed by atoms with van der Waals surface area (Å²) in [5.74, 6) is -0.313. The van der Waals surface area contributed by atoms with Crippen molar-refractivity contribution in [3.63, 3.8) is 0 Å². The standard InChI is InChI=1S/C19H18ClNO4/c1-11-8-14-17(21-12(2)22)16(20)9-15(18(14)25-11)19(23)24-10-13-6-4-3-5-7-13/h3-7,9,11H,8,10H2,1-2H3,(H,21,22)/t11-/m0/s1. The summed E-state index contributed by atoms with van der Waals surface area (Å²) in [6.07, 6.45) is 0.450. The Kier molecular flexibility index (Phi) is 4.95. The lowest BCUT2D eigenvalue weighted by Gasteiger charge is -2.14. The minimum atomic E-state index is -0.509. The maximum atomic E-state index is 12.5. The number of fused-ring (bicyclic) bond motifs is 1. The zero-order chi connectivity index (χ0) is 18.0. The van der Waals surface area contributed by atoms with Gasteiger partial charge in [-0.15, -0.1) is 0 Å². The molecule has 0 unspecified atom stereocenters. The number of carbonyl (C=O) groups is 2. The molecule has 1 aliphatic heterocycles. The number of carbonyl (C=O) groups excluding carboxylic acids is 2. The number of benzene rings is 2. The number of hydrogen-bond acceptors (Lipinski definition) is 4. The minimum Gasteiger partial charge on any atom is -0.489 e. The van der Waals surface area contributed by atoms with Gasteiger partial charge in [-0.2, -0.15) is 0 Å². The van der Waals surface area contributed by atoms with Crippen LogP contribution in [-0.4, -0.2) is 18.0 Å². The first kappa shape index (κ1) is 17.3. The lowest BCUT2D eigenvalue weighted by Crippen LogP contribution is -2.11. The molecule has 1 N–H and O–H groups in total. The van der Waals surface area contributed by atoms with E-state index in [4.69, 9.17) is 21.1 Å². The molecule has 3 rings (SSSR count). The molecule has 0 saturated carbocycles. The monoisotopic (exact) mass is 359 g/mol. The van der Waals surface area contributed by atoms with E-state index in [-0.39, 0.29) is 24.2 Å². The highest BCUT2D eigenvalue weighted by Gasteiger charge is 2.30. The molecule has 0 aliphatic carbocycles. The van der Waals surface area contributed by atoms with E-state index in [2.05, 4.69) is 5.32 Å². The molecule has 130 valence electrons. The third kappa shape index (κ3) is 3.77. The van der Waals surface area contributed by atoms with Crippen LogP contribution in [0.5, 0.6) is 5.75 Å². The first-order valence-electron chi connectivity index (χ1n) is 7.96. The van der Waals surface area contributed by atoms with Crippen LogP contribution in [-0.2, 0) is 22.6 Å². The predicted molar refractivity (Wildman–Crippen MR) is 95.1 cm³/mol. The van der Waals surface area contributed by atoms with Crippen LogP contribution in [0.3, 0.4) is 0 Å². The largest absolute Gasteiger partial charge is 0.489 e. The molecule has 0 bridgehead atoms. The molecule has 25 heavy (non-hydrogen) atoms. The number of rotatable bonds is 4. The summed E-state index contributed by atoms with van der Waals surface area (Å²) in [7, 11) is 0. The van der Waals surface area contributed by atoms with Gasteiger partial charge in [0.25, 0.3) is 0 Å². The van der Waals surface area contributed by atoms with Gasteiger partial charge in [-0.1, -0.05) is 41.9 Å². The second-order valence-corrected chi connectivity index (χ2v) is 6.37. The topological polar surface area (TPSA) is 64.6 Å². The van der Waals surface area contributed by atoms with E-state index in [0.717, 1.165) is 11.1 Å². The fourth-order valence-electron chi connectivity index (χ4n) is 2.81. The summed E-state index contributed by atoms with van der Waals surface area (Å²) in [4.78, 5) is 23.9. The van der Waals surface area contributed by atoms with E-state index in [1.54, 1.807) is 0 Å². The molecule has 0 radical (unpaired) electrons. The SMILES string of the molecule is CC(=O)Nc1c(Cl)cc(C(=O)OCc2ccccc2)c2c1C[C@H](C)O2. The second kappa shape index (κ2) is 7.15. The Morgan fingerprint density at radius 1 is 1.32 bits per heavy atom. The van der Waals surface area contributed by atoms with Crippen LogP contribution in [0.4, 0.5) is 5.69 Å². The van der Waals surface area contributed by atoms with E-state index in [9.17, 15) is 9.59 Å². The van der Waals surface area contributed by atoms with Gasteiger partial charge in [0.05, 0.1) is 10.7 Å². The summed E-state index contributed by atoms with van der Waals surface area (Å²) < 4.78 is 11.2. The summed E-state index contributed by atoms with van der Waals surface area (Å²) in [6, 6.07) is 10.9. The number of nitrogens with one attached hydrogen (secondary N) is 1. The van der Waals surface area contributed by atoms with Gasteiger partial charge in [-0.3, -0.25) is 4.79 Å². The van der Waals surface area contributed by atoms with Crippen LogP contribution < -0.4 is 10.1 Å². The van der Waals surface area contributed by atoms with E-state index in [0.29, 0.717) is 22.9 Å². The van der Waals surface area contributed by atoms with Crippen molar-refractivity contribution in [2.45, 2.75) is 33.0 Å². The number of hydrogen-bond donors (Lipinski definition) is 1. The second-order valence-electron chi connectivity index (χ2n) is 5.96. The first-order chi connectivity index (χ1) is 12.0. The van der Waals surface area contributed by atoms with Gasteiger partial charge < -0.3 is 14.8 Å². The number of ether oxygens (including phenoxy) is 2. The zero-order valence-electron chi connectivity index (χ0n) is 14.0. The van der Waals surface area contributed by atoms with Crippen molar-refractivity contribution in [1.29, 1.82) is 0 Å². The Labute approximate surface area is 150 Å². The average molecular weight is 360 g/mol. The van der Waals surface area contributed by atoms with Crippen LogP contribution in [0.15, 0.2) is 36.4 Å². The van der Waals surface area contributed by atoms with Crippen molar-refractivity contribution in [2.75, 3.05) is 5.32 Å². The van der Waals surface area contributed by atoms with Gasteiger partial charge in [0.15, 0.2) is 0 Å². The van der Waals surface area contributed by atoms with Crippen LogP contribution >= 0.6 is 11.6 Å². The highest BCUT2D eigenvalue weighted by atomic mass is 35.5. The fourth-order valence-corrected chi connectivity index (χ4v) is 3.08. The number of amides is 1. The summed E-state index contributed by atoms with van der Waals surface area (Å²) >= 11 is 6.29. The number of halogens is 1. The van der Waals surface area contributed by atoms with Gasteiger partial charge in [0.2, 0.25) is 5.91 Å². The maximum Gasteiger partial charge on any atom is 0.342 e. The predicted octanol–water partition coefficient (Wildman–Crippen LogP) is 3.98. The molecule has 0 spiro atoms. The normalized spacial score (nSPS) is 15.2. The van der Waals surface area contributed by atoms with Crippen molar-refractivity contribution in [3.8, 4) is 5.75 Å².